The van der Waals surface area contributed by atoms with Crippen molar-refractivity contribution in [3.05, 3.63) is 30.1 Å². The van der Waals surface area contributed by atoms with Gasteiger partial charge in [-0.2, -0.15) is 11.8 Å². The fraction of sp³-hybridized carbons (Fsp3) is 0.444. The molecule has 0 aromatic carbocycles. The number of nitrogens with zero attached hydrogens (tertiary/aromatic N) is 1. The highest BCUT2D eigenvalue weighted by Gasteiger charge is 1.90. The highest BCUT2D eigenvalue weighted by Crippen LogP contribution is 2.02. The zero-order valence-corrected chi connectivity index (χ0v) is 7.60. The van der Waals surface area contributed by atoms with Gasteiger partial charge in [-0.3, -0.25) is 4.98 Å². The molecule has 1 heterocycles. The minimum atomic E-state index is 1.11. The fourth-order valence-electron chi connectivity index (χ4n) is 0.944. The molecule has 60 valence electrons. The highest BCUT2D eigenvalue weighted by molar-refractivity contribution is 7.98. The van der Waals surface area contributed by atoms with Gasteiger partial charge in [-0.25, -0.2) is 0 Å². The number of hydrogen-bond donors (Lipinski definition) is 0. The van der Waals surface area contributed by atoms with Crippen LogP contribution in [0.3, 0.4) is 0 Å². The summed E-state index contributed by atoms with van der Waals surface area (Å²) >= 11 is 1.89. The summed E-state index contributed by atoms with van der Waals surface area (Å²) in [5.41, 5.74) is 1.21. The van der Waals surface area contributed by atoms with Gasteiger partial charge in [0.2, 0.25) is 0 Å². The second kappa shape index (κ2) is 5.19. The lowest BCUT2D eigenvalue weighted by Gasteiger charge is -1.97. The molecular weight excluding hydrogens is 154 g/mol. The Balaban J connectivity index is 2.28. The smallest absolute Gasteiger partial charge is 0.0403 e. The molecule has 0 aliphatic heterocycles. The highest BCUT2D eigenvalue weighted by atomic mass is 32.2. The van der Waals surface area contributed by atoms with Crippen molar-refractivity contribution in [1.29, 1.82) is 0 Å². The van der Waals surface area contributed by atoms with Crippen LogP contribution in [0.2, 0.25) is 0 Å². The van der Waals surface area contributed by atoms with Gasteiger partial charge in [0.1, 0.15) is 0 Å². The summed E-state index contributed by atoms with van der Waals surface area (Å²) in [6.45, 7) is 0. The van der Waals surface area contributed by atoms with Crippen molar-refractivity contribution in [2.45, 2.75) is 12.8 Å². The number of hydrogen-bond acceptors (Lipinski definition) is 2. The lowest BCUT2D eigenvalue weighted by molar-refractivity contribution is 0.893. The van der Waals surface area contributed by atoms with Crippen molar-refractivity contribution in [1.82, 2.24) is 4.98 Å². The van der Waals surface area contributed by atoms with Crippen LogP contribution in [0.5, 0.6) is 0 Å². The molecule has 0 amide bonds. The van der Waals surface area contributed by atoms with Crippen LogP contribution in [0.25, 0.3) is 0 Å². The molecule has 0 unspecified atom stereocenters. The third-order valence-electron chi connectivity index (χ3n) is 1.51. The number of aromatic nitrogens is 1. The van der Waals surface area contributed by atoms with Crippen LogP contribution in [0, 0.1) is 0 Å². The van der Waals surface area contributed by atoms with E-state index in [1.807, 2.05) is 30.1 Å². The molecule has 0 bridgehead atoms. The Kier molecular flexibility index (Phi) is 4.06. The molecule has 1 nitrogen and oxygen atoms in total. The standard InChI is InChI=1S/C9H13NS/c1-11-8-4-6-9-5-2-3-7-10-9/h2-3,5,7H,4,6,8H2,1H3. The van der Waals surface area contributed by atoms with Gasteiger partial charge in [0, 0.05) is 11.9 Å². The normalized spacial score (nSPS) is 9.91. The molecule has 0 N–H and O–H groups in total. The zero-order chi connectivity index (χ0) is 7.94. The van der Waals surface area contributed by atoms with Crippen LogP contribution in [0.1, 0.15) is 12.1 Å². The molecule has 0 fully saturated rings. The van der Waals surface area contributed by atoms with Crippen molar-refractivity contribution in [3.8, 4) is 0 Å². The van der Waals surface area contributed by atoms with Crippen molar-refractivity contribution in [2.24, 2.45) is 0 Å². The first-order chi connectivity index (χ1) is 5.43. The summed E-state index contributed by atoms with van der Waals surface area (Å²) in [5.74, 6) is 1.23. The van der Waals surface area contributed by atoms with E-state index in [1.165, 1.54) is 17.9 Å². The third kappa shape index (κ3) is 3.42. The molecule has 0 atom stereocenters. The molecule has 0 aliphatic rings. The van der Waals surface area contributed by atoms with Gasteiger partial charge in [0.15, 0.2) is 0 Å². The fourth-order valence-corrected chi connectivity index (χ4v) is 1.38. The average molecular weight is 167 g/mol. The monoisotopic (exact) mass is 167 g/mol. The molecule has 0 saturated carbocycles. The first-order valence-electron chi connectivity index (χ1n) is 3.82. The third-order valence-corrected chi connectivity index (χ3v) is 2.20. The van der Waals surface area contributed by atoms with Gasteiger partial charge in [0.25, 0.3) is 0 Å². The van der Waals surface area contributed by atoms with Gasteiger partial charge in [-0.15, -0.1) is 0 Å². The van der Waals surface area contributed by atoms with E-state index < -0.39 is 0 Å². The Labute approximate surface area is 72.2 Å². The van der Waals surface area contributed by atoms with E-state index in [9.17, 15) is 0 Å². The summed E-state index contributed by atoms with van der Waals surface area (Å²) in [7, 11) is 0. The minimum Gasteiger partial charge on any atom is -0.261 e. The maximum atomic E-state index is 4.24. The van der Waals surface area contributed by atoms with Crippen LogP contribution in [-0.2, 0) is 6.42 Å². The van der Waals surface area contributed by atoms with E-state index in [2.05, 4.69) is 17.3 Å². The van der Waals surface area contributed by atoms with Crippen molar-refractivity contribution < 1.29 is 0 Å². The topological polar surface area (TPSA) is 12.9 Å². The zero-order valence-electron chi connectivity index (χ0n) is 6.79. The van der Waals surface area contributed by atoms with Gasteiger partial charge in [0.05, 0.1) is 0 Å². The van der Waals surface area contributed by atoms with Crippen molar-refractivity contribution >= 4 is 11.8 Å². The van der Waals surface area contributed by atoms with Gasteiger partial charge in [-0.1, -0.05) is 6.07 Å². The van der Waals surface area contributed by atoms with E-state index in [4.69, 9.17) is 0 Å². The van der Waals surface area contributed by atoms with E-state index in [-0.39, 0.29) is 0 Å². The van der Waals surface area contributed by atoms with Crippen LogP contribution >= 0.6 is 11.8 Å². The SMILES string of the molecule is CSCCCc1ccccn1. The Morgan fingerprint density at radius 3 is 3.00 bits per heavy atom. The summed E-state index contributed by atoms with van der Waals surface area (Å²) < 4.78 is 0. The number of aryl methyl sites for hydroxylation is 1. The van der Waals surface area contributed by atoms with Crippen molar-refractivity contribution in [3.63, 3.8) is 0 Å². The molecular formula is C9H13NS. The molecule has 0 spiro atoms. The molecule has 2 heteroatoms. The molecule has 0 radical (unpaired) electrons. The predicted octanol–water partition coefficient (Wildman–Crippen LogP) is 2.38. The summed E-state index contributed by atoms with van der Waals surface area (Å²) in [6.07, 6.45) is 6.34. The Bertz CT molecular complexity index is 186. The maximum Gasteiger partial charge on any atom is 0.0403 e. The molecule has 11 heavy (non-hydrogen) atoms. The van der Waals surface area contributed by atoms with E-state index in [0.717, 1.165) is 6.42 Å². The molecule has 1 aromatic rings. The van der Waals surface area contributed by atoms with E-state index in [0.29, 0.717) is 0 Å². The molecule has 1 rings (SSSR count). The van der Waals surface area contributed by atoms with E-state index in [1.54, 1.807) is 0 Å². The average Bonchev–Trinajstić information content (AvgIpc) is 2.07. The number of pyridine rings is 1. The Morgan fingerprint density at radius 2 is 2.36 bits per heavy atom. The minimum absolute atomic E-state index is 1.11. The Hall–Kier alpha value is -0.500. The molecule has 0 aliphatic carbocycles. The summed E-state index contributed by atoms with van der Waals surface area (Å²) in [4.78, 5) is 4.24. The van der Waals surface area contributed by atoms with Crippen LogP contribution in [0.4, 0.5) is 0 Å². The second-order valence-electron chi connectivity index (χ2n) is 2.42. The van der Waals surface area contributed by atoms with Crippen molar-refractivity contribution in [2.75, 3.05) is 12.0 Å². The van der Waals surface area contributed by atoms with Gasteiger partial charge < -0.3 is 0 Å². The van der Waals surface area contributed by atoms with Crippen LogP contribution in [0.15, 0.2) is 24.4 Å². The quantitative estimate of drug-likeness (QED) is 0.639. The summed E-state index contributed by atoms with van der Waals surface area (Å²) in [6, 6.07) is 6.08. The lowest BCUT2D eigenvalue weighted by Crippen LogP contribution is -1.89. The summed E-state index contributed by atoms with van der Waals surface area (Å²) in [5, 5.41) is 0. The second-order valence-corrected chi connectivity index (χ2v) is 3.40. The predicted molar refractivity (Wildman–Crippen MR) is 50.9 cm³/mol. The first-order valence-corrected chi connectivity index (χ1v) is 5.21. The Morgan fingerprint density at radius 1 is 1.45 bits per heavy atom. The van der Waals surface area contributed by atoms with Crippen LogP contribution < -0.4 is 0 Å². The van der Waals surface area contributed by atoms with Crippen LogP contribution in [-0.4, -0.2) is 17.0 Å². The maximum absolute atomic E-state index is 4.24. The number of rotatable bonds is 4. The molecule has 1 aromatic heterocycles. The van der Waals surface area contributed by atoms with E-state index >= 15 is 0 Å². The number of thioether (sulfide) groups is 1. The lowest BCUT2D eigenvalue weighted by atomic mass is 10.2. The molecule has 0 saturated heterocycles. The van der Waals surface area contributed by atoms with Gasteiger partial charge in [-0.05, 0) is 37.0 Å². The largest absolute Gasteiger partial charge is 0.261 e. The van der Waals surface area contributed by atoms with Gasteiger partial charge >= 0.3 is 0 Å². The first kappa shape index (κ1) is 8.60.